The van der Waals surface area contributed by atoms with Gasteiger partial charge in [-0.1, -0.05) is 0 Å². The molecule has 0 aliphatic carbocycles. The molecule has 0 saturated heterocycles. The van der Waals surface area contributed by atoms with Gasteiger partial charge in [-0.15, -0.1) is 0 Å². The second kappa shape index (κ2) is 7.83. The molecule has 0 aliphatic heterocycles. The smallest absolute Gasteiger partial charge is 0.326 e. The van der Waals surface area contributed by atoms with E-state index in [0.717, 1.165) is 0 Å². The zero-order valence-electron chi connectivity index (χ0n) is 11.0. The van der Waals surface area contributed by atoms with Gasteiger partial charge in [-0.05, 0) is 30.7 Å². The number of hydrogen-bond donors (Lipinski definition) is 3. The highest BCUT2D eigenvalue weighted by Gasteiger charge is 2.20. The summed E-state index contributed by atoms with van der Waals surface area (Å²) in [5.41, 5.74) is 4.92. The SMILES string of the molecule is NC(=O)CC[C@H](NC(=O)COc1ccc(F)cc1)C(=O)O. The van der Waals surface area contributed by atoms with Crippen LogP contribution in [0.2, 0.25) is 0 Å². The van der Waals surface area contributed by atoms with Gasteiger partial charge in [0.05, 0.1) is 0 Å². The summed E-state index contributed by atoms with van der Waals surface area (Å²) in [5, 5.41) is 11.1. The molecule has 1 aromatic carbocycles. The zero-order valence-corrected chi connectivity index (χ0v) is 11.0. The molecule has 114 valence electrons. The highest BCUT2D eigenvalue weighted by molar-refractivity contribution is 5.85. The van der Waals surface area contributed by atoms with Crippen molar-refractivity contribution in [3.05, 3.63) is 30.1 Å². The van der Waals surface area contributed by atoms with Gasteiger partial charge >= 0.3 is 5.97 Å². The van der Waals surface area contributed by atoms with Crippen LogP contribution in [0.4, 0.5) is 4.39 Å². The fraction of sp³-hybridized carbons (Fsp3) is 0.308. The van der Waals surface area contributed by atoms with Crippen LogP contribution in [0.25, 0.3) is 0 Å². The number of benzene rings is 1. The molecule has 0 saturated carbocycles. The fourth-order valence-electron chi connectivity index (χ4n) is 1.46. The zero-order chi connectivity index (χ0) is 15.8. The molecule has 0 spiro atoms. The minimum Gasteiger partial charge on any atom is -0.484 e. The third-order valence-electron chi connectivity index (χ3n) is 2.50. The standard InChI is InChI=1S/C13H15FN2O5/c14-8-1-3-9(4-2-8)21-7-12(18)16-10(13(19)20)5-6-11(15)17/h1-4,10H,5-7H2,(H2,15,17)(H,16,18)(H,19,20)/t10-/m0/s1. The molecule has 0 radical (unpaired) electrons. The van der Waals surface area contributed by atoms with Gasteiger partial charge in [0.25, 0.3) is 5.91 Å². The van der Waals surface area contributed by atoms with E-state index >= 15 is 0 Å². The molecule has 0 heterocycles. The van der Waals surface area contributed by atoms with Crippen molar-refractivity contribution in [2.75, 3.05) is 6.61 Å². The van der Waals surface area contributed by atoms with Gasteiger partial charge in [0, 0.05) is 6.42 Å². The van der Waals surface area contributed by atoms with Crippen LogP contribution in [-0.4, -0.2) is 35.5 Å². The Kier molecular flexibility index (Phi) is 6.12. The second-order valence-corrected chi connectivity index (χ2v) is 4.21. The van der Waals surface area contributed by atoms with Crippen LogP contribution in [0.1, 0.15) is 12.8 Å². The summed E-state index contributed by atoms with van der Waals surface area (Å²) in [7, 11) is 0. The average Bonchev–Trinajstić information content (AvgIpc) is 2.42. The number of carbonyl (C=O) groups excluding carboxylic acids is 2. The van der Waals surface area contributed by atoms with Gasteiger partial charge in [-0.3, -0.25) is 9.59 Å². The van der Waals surface area contributed by atoms with Crippen LogP contribution in [0.3, 0.4) is 0 Å². The average molecular weight is 298 g/mol. The maximum atomic E-state index is 12.7. The number of carboxylic acids is 1. The van der Waals surface area contributed by atoms with E-state index in [1.165, 1.54) is 24.3 Å². The summed E-state index contributed by atoms with van der Waals surface area (Å²) in [5.74, 6) is -2.76. The van der Waals surface area contributed by atoms with Crippen molar-refractivity contribution in [3.8, 4) is 5.75 Å². The lowest BCUT2D eigenvalue weighted by Crippen LogP contribution is -2.43. The Balaban J connectivity index is 2.44. The van der Waals surface area contributed by atoms with Gasteiger partial charge < -0.3 is 20.9 Å². The fourth-order valence-corrected chi connectivity index (χ4v) is 1.46. The van der Waals surface area contributed by atoms with E-state index in [2.05, 4.69) is 5.32 Å². The van der Waals surface area contributed by atoms with Gasteiger partial charge in [0.2, 0.25) is 5.91 Å². The lowest BCUT2D eigenvalue weighted by molar-refractivity contribution is -0.142. The number of hydrogen-bond acceptors (Lipinski definition) is 4. The topological polar surface area (TPSA) is 119 Å². The predicted molar refractivity (Wildman–Crippen MR) is 69.9 cm³/mol. The number of aliphatic carboxylic acids is 1. The first-order valence-electron chi connectivity index (χ1n) is 6.07. The third-order valence-corrected chi connectivity index (χ3v) is 2.50. The van der Waals surface area contributed by atoms with Crippen molar-refractivity contribution in [2.24, 2.45) is 5.73 Å². The van der Waals surface area contributed by atoms with Crippen LogP contribution in [0.15, 0.2) is 24.3 Å². The quantitative estimate of drug-likeness (QED) is 0.626. The first-order chi connectivity index (χ1) is 9.88. The van der Waals surface area contributed by atoms with Gasteiger partial charge in [0.1, 0.15) is 17.6 Å². The molecule has 0 aliphatic rings. The highest BCUT2D eigenvalue weighted by Crippen LogP contribution is 2.10. The number of halogens is 1. The summed E-state index contributed by atoms with van der Waals surface area (Å²) >= 11 is 0. The number of rotatable bonds is 8. The minimum absolute atomic E-state index is 0.104. The summed E-state index contributed by atoms with van der Waals surface area (Å²) in [6.45, 7) is -0.425. The van der Waals surface area contributed by atoms with Gasteiger partial charge in [0.15, 0.2) is 6.61 Å². The van der Waals surface area contributed by atoms with Crippen LogP contribution < -0.4 is 15.8 Å². The summed E-state index contributed by atoms with van der Waals surface area (Å²) in [6.07, 6.45) is -0.261. The number of ether oxygens (including phenoxy) is 1. The summed E-state index contributed by atoms with van der Waals surface area (Å²) < 4.78 is 17.7. The minimum atomic E-state index is -1.27. The van der Waals surface area contributed by atoms with Crippen molar-refractivity contribution >= 4 is 17.8 Å². The van der Waals surface area contributed by atoms with E-state index < -0.39 is 36.2 Å². The number of amides is 2. The van der Waals surface area contributed by atoms with Crippen molar-refractivity contribution in [1.82, 2.24) is 5.32 Å². The first-order valence-corrected chi connectivity index (χ1v) is 6.07. The maximum Gasteiger partial charge on any atom is 0.326 e. The normalized spacial score (nSPS) is 11.5. The Labute approximate surface area is 119 Å². The number of carboxylic acid groups (broad SMARTS) is 1. The molecule has 8 heteroatoms. The molecule has 0 aromatic heterocycles. The second-order valence-electron chi connectivity index (χ2n) is 4.21. The van der Waals surface area contributed by atoms with E-state index in [1.54, 1.807) is 0 Å². The molecule has 21 heavy (non-hydrogen) atoms. The van der Waals surface area contributed by atoms with Crippen LogP contribution in [-0.2, 0) is 14.4 Å². The lowest BCUT2D eigenvalue weighted by Gasteiger charge is -2.14. The number of primary amides is 1. The lowest BCUT2D eigenvalue weighted by atomic mass is 10.1. The molecular formula is C13H15FN2O5. The molecule has 0 fully saturated rings. The maximum absolute atomic E-state index is 12.7. The first kappa shape index (κ1) is 16.4. The Morgan fingerprint density at radius 2 is 1.90 bits per heavy atom. The number of nitrogens with one attached hydrogen (secondary N) is 1. The number of nitrogens with two attached hydrogens (primary N) is 1. The van der Waals surface area contributed by atoms with E-state index in [9.17, 15) is 18.8 Å². The van der Waals surface area contributed by atoms with E-state index in [0.29, 0.717) is 0 Å². The summed E-state index contributed by atoms with van der Waals surface area (Å²) in [6, 6.07) is 3.79. The molecule has 7 nitrogen and oxygen atoms in total. The summed E-state index contributed by atoms with van der Waals surface area (Å²) in [4.78, 5) is 33.1. The molecule has 1 atom stereocenters. The van der Waals surface area contributed by atoms with Gasteiger partial charge in [-0.25, -0.2) is 9.18 Å². The van der Waals surface area contributed by atoms with E-state index in [4.69, 9.17) is 15.6 Å². The van der Waals surface area contributed by atoms with Crippen LogP contribution in [0.5, 0.6) is 5.75 Å². The monoisotopic (exact) mass is 298 g/mol. The molecule has 1 aromatic rings. The van der Waals surface area contributed by atoms with E-state index in [1.807, 2.05) is 0 Å². The van der Waals surface area contributed by atoms with Gasteiger partial charge in [-0.2, -0.15) is 0 Å². The van der Waals surface area contributed by atoms with E-state index in [-0.39, 0.29) is 18.6 Å². The number of carbonyl (C=O) groups is 3. The largest absolute Gasteiger partial charge is 0.484 e. The van der Waals surface area contributed by atoms with Crippen molar-refractivity contribution in [1.29, 1.82) is 0 Å². The Bertz CT molecular complexity index is 518. The van der Waals surface area contributed by atoms with Crippen molar-refractivity contribution in [2.45, 2.75) is 18.9 Å². The van der Waals surface area contributed by atoms with Crippen molar-refractivity contribution < 1.29 is 28.6 Å². The Morgan fingerprint density at radius 1 is 1.29 bits per heavy atom. The van der Waals surface area contributed by atoms with Crippen LogP contribution >= 0.6 is 0 Å². The Morgan fingerprint density at radius 3 is 2.43 bits per heavy atom. The van der Waals surface area contributed by atoms with Crippen molar-refractivity contribution in [3.63, 3.8) is 0 Å². The molecule has 0 unspecified atom stereocenters. The molecule has 4 N–H and O–H groups in total. The highest BCUT2D eigenvalue weighted by atomic mass is 19.1. The molecule has 0 bridgehead atoms. The molecule has 1 rings (SSSR count). The third kappa shape index (κ3) is 6.37. The van der Waals surface area contributed by atoms with Crippen LogP contribution in [0, 0.1) is 5.82 Å². The molecular weight excluding hydrogens is 283 g/mol. The Hall–Kier alpha value is -2.64. The molecule has 2 amide bonds. The predicted octanol–water partition coefficient (Wildman–Crippen LogP) is 0.0394.